The predicted molar refractivity (Wildman–Crippen MR) is 137 cm³/mol. The molecule has 0 saturated carbocycles. The molecule has 0 aliphatic rings. The molecule has 2 heterocycles. The summed E-state index contributed by atoms with van der Waals surface area (Å²) in [7, 11) is 0. The van der Waals surface area contributed by atoms with Crippen molar-refractivity contribution in [1.29, 1.82) is 0 Å². The topological polar surface area (TPSA) is 63.0 Å². The van der Waals surface area contributed by atoms with Crippen molar-refractivity contribution in [2.45, 2.75) is 0 Å². The molecule has 0 saturated heterocycles. The van der Waals surface area contributed by atoms with E-state index in [1.807, 2.05) is 78.9 Å². The van der Waals surface area contributed by atoms with Crippen LogP contribution in [-0.4, -0.2) is 9.97 Å². The Kier molecular flexibility index (Phi) is 6.64. The third-order valence-corrected chi connectivity index (χ3v) is 6.09. The average molecular weight is 458 g/mol. The molecule has 0 fully saturated rings. The second kappa shape index (κ2) is 10.2. The Morgan fingerprint density at radius 2 is 1.19 bits per heavy atom. The molecule has 36 heavy (non-hydrogen) atoms. The molecule has 0 amide bonds. The quantitative estimate of drug-likeness (QED) is 0.381. The van der Waals surface area contributed by atoms with Crippen LogP contribution in [0, 0.1) is 0 Å². The van der Waals surface area contributed by atoms with Crippen molar-refractivity contribution in [1.82, 2.24) is 9.97 Å². The number of H-pyrrole nitrogens is 1. The molecule has 0 aliphatic heterocycles. The first-order chi connectivity index (χ1) is 17.3. The number of benzene rings is 4. The zero-order chi connectivity index (χ0) is 23.6. The molecule has 0 aliphatic carbocycles. The van der Waals surface area contributed by atoms with Crippen molar-refractivity contribution < 1.29 is 29.0 Å². The molecular weight excluding hydrogens is 437 g/mol. The van der Waals surface area contributed by atoms with E-state index in [-0.39, 0.29) is 24.6 Å². The Morgan fingerprint density at radius 3 is 1.94 bits per heavy atom. The Bertz CT molecular complexity index is 1600. The van der Waals surface area contributed by atoms with Crippen LogP contribution in [0.3, 0.4) is 0 Å². The molecular formula is C31H21LiN3O+. The van der Waals surface area contributed by atoms with Crippen LogP contribution in [0.5, 0.6) is 5.75 Å². The number of hydrogen-bond acceptors (Lipinski definition) is 3. The van der Waals surface area contributed by atoms with E-state index < -0.39 is 0 Å². The monoisotopic (exact) mass is 458 g/mol. The second-order valence-corrected chi connectivity index (χ2v) is 8.34. The Labute approximate surface area is 221 Å². The predicted octanol–water partition coefficient (Wildman–Crippen LogP) is 3.19. The van der Waals surface area contributed by atoms with Gasteiger partial charge in [0.05, 0.1) is 16.8 Å². The maximum absolute atomic E-state index is 12.3. The number of nitrogens with zero attached hydrogens (tertiary/aromatic N) is 2. The Hall–Kier alpha value is -4.23. The van der Waals surface area contributed by atoms with Crippen molar-refractivity contribution in [3.63, 3.8) is 0 Å². The second-order valence-electron chi connectivity index (χ2n) is 8.34. The molecule has 4 aromatic carbocycles. The van der Waals surface area contributed by atoms with Gasteiger partial charge < -0.3 is 5.11 Å². The van der Waals surface area contributed by atoms with Gasteiger partial charge in [0.1, 0.15) is 0 Å². The third kappa shape index (κ3) is 4.53. The van der Waals surface area contributed by atoms with E-state index in [2.05, 4.69) is 35.3 Å². The van der Waals surface area contributed by atoms with Gasteiger partial charge in [-0.3, -0.25) is 0 Å². The fourth-order valence-electron chi connectivity index (χ4n) is 4.36. The summed E-state index contributed by atoms with van der Waals surface area (Å²) in [4.78, 5) is 12.9. The number of pyridine rings is 1. The Balaban J connectivity index is 0.00000267. The molecule has 1 N–H and O–H groups in total. The standard InChI is InChI=1S/C31H21N3O.Li/c35-29-17-16-25(26-15-8-18-32-30(26)29)23-13-7-14-24(19-23)28-20-27(21-9-3-1-4-10-21)33-31(34-28)22-11-5-2-6-12-22;/h1-20,35H;/q;+1. The summed E-state index contributed by atoms with van der Waals surface area (Å²) in [6.07, 6.45) is 1.78. The van der Waals surface area contributed by atoms with Gasteiger partial charge in [0.15, 0.2) is 12.0 Å². The molecule has 0 spiro atoms. The van der Waals surface area contributed by atoms with Gasteiger partial charge in [-0.1, -0.05) is 91.0 Å². The number of hydrogen-bond donors (Lipinski definition) is 0. The summed E-state index contributed by atoms with van der Waals surface area (Å²) in [5, 5.41) is 13.2. The van der Waals surface area contributed by atoms with E-state index in [1.165, 1.54) is 0 Å². The maximum atomic E-state index is 12.3. The van der Waals surface area contributed by atoms with Crippen LogP contribution < -0.4 is 29.0 Å². The fraction of sp³-hybridized carbons (Fsp3) is 0. The van der Waals surface area contributed by atoms with Crippen LogP contribution in [0.15, 0.2) is 121 Å². The number of aromatic nitrogens is 3. The van der Waals surface area contributed by atoms with Gasteiger partial charge in [0.2, 0.25) is 5.52 Å². The molecule has 0 bridgehead atoms. The van der Waals surface area contributed by atoms with Crippen molar-refractivity contribution in [3.8, 4) is 50.8 Å². The first-order valence-electron chi connectivity index (χ1n) is 11.5. The summed E-state index contributed by atoms with van der Waals surface area (Å²) >= 11 is 0. The normalized spacial score (nSPS) is 10.7. The van der Waals surface area contributed by atoms with E-state index in [1.54, 1.807) is 12.3 Å². The molecule has 5 heteroatoms. The van der Waals surface area contributed by atoms with Crippen molar-refractivity contribution in [2.75, 3.05) is 0 Å². The molecule has 6 aromatic rings. The SMILES string of the molecule is [Li+].[O-]c1ccc(-c2cccc(-c3cc(-c4ccccc4)nc(-c4ccccc4)n3)c2)c2ccc[nH+]c12. The van der Waals surface area contributed by atoms with E-state index in [0.717, 1.165) is 44.6 Å². The summed E-state index contributed by atoms with van der Waals surface area (Å²) < 4.78 is 0. The molecule has 6 rings (SSSR count). The Morgan fingerprint density at radius 1 is 0.556 bits per heavy atom. The smallest absolute Gasteiger partial charge is 0.868 e. The van der Waals surface area contributed by atoms with Gasteiger partial charge in [-0.05, 0) is 35.1 Å². The minimum atomic E-state index is -0.0173. The van der Waals surface area contributed by atoms with Gasteiger partial charge in [0, 0.05) is 22.8 Å². The van der Waals surface area contributed by atoms with Crippen molar-refractivity contribution >= 4 is 10.9 Å². The minimum absolute atomic E-state index is 0. The zero-order valence-electron chi connectivity index (χ0n) is 19.8. The van der Waals surface area contributed by atoms with Crippen molar-refractivity contribution in [3.05, 3.63) is 121 Å². The van der Waals surface area contributed by atoms with Gasteiger partial charge in [-0.15, -0.1) is 0 Å². The molecule has 2 aromatic heterocycles. The van der Waals surface area contributed by atoms with E-state index in [0.29, 0.717) is 11.3 Å². The van der Waals surface area contributed by atoms with E-state index in [4.69, 9.17) is 9.97 Å². The van der Waals surface area contributed by atoms with Gasteiger partial charge in [0.25, 0.3) is 0 Å². The van der Waals surface area contributed by atoms with Gasteiger partial charge in [-0.25, -0.2) is 15.0 Å². The third-order valence-electron chi connectivity index (χ3n) is 6.09. The zero-order valence-corrected chi connectivity index (χ0v) is 19.8. The first kappa shape index (κ1) is 23.5. The van der Waals surface area contributed by atoms with Crippen LogP contribution in [-0.2, 0) is 0 Å². The number of aromatic amines is 1. The van der Waals surface area contributed by atoms with Crippen LogP contribution in [0.1, 0.15) is 0 Å². The minimum Gasteiger partial charge on any atom is -0.868 e. The molecule has 166 valence electrons. The molecule has 4 nitrogen and oxygen atoms in total. The maximum Gasteiger partial charge on any atom is 1.00 e. The molecule has 0 atom stereocenters. The number of fused-ring (bicyclic) bond motifs is 1. The summed E-state index contributed by atoms with van der Waals surface area (Å²) in [5.41, 5.74) is 7.33. The van der Waals surface area contributed by atoms with Gasteiger partial charge in [-0.2, -0.15) is 0 Å². The fourth-order valence-corrected chi connectivity index (χ4v) is 4.36. The van der Waals surface area contributed by atoms with Crippen LogP contribution in [0.4, 0.5) is 0 Å². The molecule has 0 radical (unpaired) electrons. The number of rotatable bonds is 4. The van der Waals surface area contributed by atoms with E-state index in [9.17, 15) is 5.11 Å². The van der Waals surface area contributed by atoms with Crippen molar-refractivity contribution in [2.24, 2.45) is 0 Å². The first-order valence-corrected chi connectivity index (χ1v) is 11.5. The largest absolute Gasteiger partial charge is 1.00 e. The van der Waals surface area contributed by atoms with Gasteiger partial charge >= 0.3 is 18.9 Å². The summed E-state index contributed by atoms with van der Waals surface area (Å²) in [6, 6.07) is 37.9. The summed E-state index contributed by atoms with van der Waals surface area (Å²) in [5.74, 6) is 0.666. The molecule has 0 unspecified atom stereocenters. The number of nitrogens with one attached hydrogen (secondary N) is 1. The van der Waals surface area contributed by atoms with E-state index >= 15 is 0 Å². The van der Waals surface area contributed by atoms with Crippen LogP contribution in [0.25, 0.3) is 55.9 Å². The summed E-state index contributed by atoms with van der Waals surface area (Å²) in [6.45, 7) is 0. The van der Waals surface area contributed by atoms with Crippen LogP contribution >= 0.6 is 0 Å². The average Bonchev–Trinajstić information content (AvgIpc) is 2.94. The van der Waals surface area contributed by atoms with Crippen LogP contribution in [0.2, 0.25) is 0 Å².